The van der Waals surface area contributed by atoms with Crippen molar-refractivity contribution in [1.82, 2.24) is 4.98 Å². The Morgan fingerprint density at radius 1 is 1.62 bits per heavy atom. The summed E-state index contributed by atoms with van der Waals surface area (Å²) in [6.07, 6.45) is 1.47. The summed E-state index contributed by atoms with van der Waals surface area (Å²) >= 11 is 0. The third-order valence-corrected chi connectivity index (χ3v) is 1.30. The molecule has 0 aliphatic carbocycles. The summed E-state index contributed by atoms with van der Waals surface area (Å²) in [5.74, 6) is -0.0200. The van der Waals surface area contributed by atoms with E-state index in [0.29, 0.717) is 5.82 Å². The number of pyridine rings is 1. The number of hydrogen-bond donors (Lipinski definition) is 2. The fraction of sp³-hybridized carbons (Fsp3) is 0.111. The Hall–Kier alpha value is -1.84. The van der Waals surface area contributed by atoms with Crippen molar-refractivity contribution in [3.63, 3.8) is 0 Å². The number of hydrogen-bond acceptors (Lipinski definition) is 3. The Balaban J connectivity index is 2.50. The molecule has 1 aromatic heterocycles. The highest BCUT2D eigenvalue weighted by Crippen LogP contribution is 2.02. The first-order valence-corrected chi connectivity index (χ1v) is 3.76. The van der Waals surface area contributed by atoms with Crippen LogP contribution in [0.3, 0.4) is 0 Å². The summed E-state index contributed by atoms with van der Waals surface area (Å²) < 4.78 is 0. The Morgan fingerprint density at radius 2 is 2.38 bits per heavy atom. The lowest BCUT2D eigenvalue weighted by molar-refractivity contribution is -0.116. The number of carbonyl (C=O) groups is 1. The Kier molecular flexibility index (Phi) is 3.03. The lowest BCUT2D eigenvalue weighted by Crippen LogP contribution is -2.12. The first kappa shape index (κ1) is 9.25. The number of aliphatic hydroxyl groups excluding tert-OH is 1. The maximum Gasteiger partial charge on any atom is 0.233 e. The molecule has 0 aromatic carbocycles. The Labute approximate surface area is 75.9 Å². The van der Waals surface area contributed by atoms with Crippen molar-refractivity contribution in [2.24, 2.45) is 0 Å². The van der Waals surface area contributed by atoms with Crippen molar-refractivity contribution >= 4 is 11.7 Å². The molecule has 13 heavy (non-hydrogen) atoms. The number of anilines is 1. The second-order valence-corrected chi connectivity index (χ2v) is 2.51. The summed E-state index contributed by atoms with van der Waals surface area (Å²) in [7, 11) is 0. The van der Waals surface area contributed by atoms with E-state index in [2.05, 4.69) is 16.9 Å². The molecular formula is C9H10N2O2. The molecule has 4 heteroatoms. The molecule has 0 aliphatic rings. The summed E-state index contributed by atoms with van der Waals surface area (Å²) in [5.41, 5.74) is 0. The number of amides is 1. The molecule has 1 aromatic rings. The Bertz CT molecular complexity index is 309. The van der Waals surface area contributed by atoms with E-state index in [4.69, 9.17) is 5.11 Å². The van der Waals surface area contributed by atoms with Gasteiger partial charge in [0.1, 0.15) is 5.82 Å². The van der Waals surface area contributed by atoms with Gasteiger partial charge in [0.25, 0.3) is 0 Å². The standard InChI is InChI=1S/C9H10N2O2/c1-7(12)6-9(13)11-8-4-2-3-5-10-8/h2-5,12H,1,6H2,(H,10,11,13). The van der Waals surface area contributed by atoms with Crippen LogP contribution in [0.15, 0.2) is 36.7 Å². The monoisotopic (exact) mass is 178 g/mol. The van der Waals surface area contributed by atoms with Gasteiger partial charge in [-0.25, -0.2) is 4.98 Å². The SMILES string of the molecule is C=C(O)CC(=O)Nc1ccccn1. The zero-order valence-corrected chi connectivity index (χ0v) is 7.03. The molecule has 0 saturated carbocycles. The minimum atomic E-state index is -0.328. The highest BCUT2D eigenvalue weighted by molar-refractivity contribution is 5.90. The number of rotatable bonds is 3. The van der Waals surface area contributed by atoms with Crippen LogP contribution in [-0.4, -0.2) is 16.0 Å². The van der Waals surface area contributed by atoms with Crippen molar-refractivity contribution < 1.29 is 9.90 Å². The third kappa shape index (κ3) is 3.37. The van der Waals surface area contributed by atoms with Gasteiger partial charge in [0.05, 0.1) is 12.2 Å². The van der Waals surface area contributed by atoms with Crippen molar-refractivity contribution in [3.05, 3.63) is 36.7 Å². The van der Waals surface area contributed by atoms with E-state index in [-0.39, 0.29) is 18.1 Å². The van der Waals surface area contributed by atoms with Crippen molar-refractivity contribution in [2.45, 2.75) is 6.42 Å². The molecular weight excluding hydrogens is 168 g/mol. The van der Waals surface area contributed by atoms with Crippen molar-refractivity contribution in [2.75, 3.05) is 5.32 Å². The molecule has 1 amide bonds. The number of aromatic nitrogens is 1. The van der Waals surface area contributed by atoms with E-state index < -0.39 is 0 Å². The van der Waals surface area contributed by atoms with Crippen LogP contribution in [0.2, 0.25) is 0 Å². The van der Waals surface area contributed by atoms with Crippen LogP contribution >= 0.6 is 0 Å². The van der Waals surface area contributed by atoms with E-state index in [1.165, 1.54) is 0 Å². The summed E-state index contributed by atoms with van der Waals surface area (Å²) in [4.78, 5) is 14.9. The fourth-order valence-electron chi connectivity index (χ4n) is 0.809. The fourth-order valence-corrected chi connectivity index (χ4v) is 0.809. The summed E-state index contributed by atoms with van der Waals surface area (Å²) in [6.45, 7) is 3.21. The third-order valence-electron chi connectivity index (χ3n) is 1.30. The molecule has 1 heterocycles. The molecule has 68 valence electrons. The maximum atomic E-state index is 11.1. The molecule has 0 fully saturated rings. The number of carbonyl (C=O) groups excluding carboxylic acids is 1. The van der Waals surface area contributed by atoms with Gasteiger partial charge in [-0.15, -0.1) is 0 Å². The zero-order valence-electron chi connectivity index (χ0n) is 7.03. The van der Waals surface area contributed by atoms with Crippen LogP contribution < -0.4 is 5.32 Å². The van der Waals surface area contributed by atoms with Gasteiger partial charge in [0, 0.05) is 6.20 Å². The predicted octanol–water partition coefficient (Wildman–Crippen LogP) is 1.48. The lowest BCUT2D eigenvalue weighted by Gasteiger charge is -2.01. The smallest absolute Gasteiger partial charge is 0.233 e. The maximum absolute atomic E-state index is 11.1. The normalized spacial score (nSPS) is 9.23. The van der Waals surface area contributed by atoms with E-state index in [9.17, 15) is 4.79 Å². The van der Waals surface area contributed by atoms with E-state index in [1.54, 1.807) is 24.4 Å². The number of nitrogens with zero attached hydrogens (tertiary/aromatic N) is 1. The minimum absolute atomic E-state index is 0.101. The largest absolute Gasteiger partial charge is 0.512 e. The van der Waals surface area contributed by atoms with E-state index in [1.807, 2.05) is 0 Å². The van der Waals surface area contributed by atoms with E-state index >= 15 is 0 Å². The van der Waals surface area contributed by atoms with Gasteiger partial charge in [-0.05, 0) is 12.1 Å². The highest BCUT2D eigenvalue weighted by Gasteiger charge is 2.03. The average molecular weight is 178 g/mol. The average Bonchev–Trinajstić information content (AvgIpc) is 2.04. The summed E-state index contributed by atoms with van der Waals surface area (Å²) in [5, 5.41) is 11.2. The molecule has 4 nitrogen and oxygen atoms in total. The van der Waals surface area contributed by atoms with Crippen LogP contribution in [-0.2, 0) is 4.79 Å². The molecule has 0 bridgehead atoms. The predicted molar refractivity (Wildman–Crippen MR) is 49.3 cm³/mol. The molecule has 1 rings (SSSR count). The van der Waals surface area contributed by atoms with Crippen LogP contribution in [0.5, 0.6) is 0 Å². The van der Waals surface area contributed by atoms with Crippen molar-refractivity contribution in [3.8, 4) is 0 Å². The molecule has 0 spiro atoms. The van der Waals surface area contributed by atoms with Gasteiger partial charge in [0.15, 0.2) is 0 Å². The van der Waals surface area contributed by atoms with Crippen LogP contribution in [0, 0.1) is 0 Å². The lowest BCUT2D eigenvalue weighted by atomic mass is 10.3. The van der Waals surface area contributed by atoms with Gasteiger partial charge in [0.2, 0.25) is 5.91 Å². The van der Waals surface area contributed by atoms with Gasteiger partial charge in [-0.3, -0.25) is 4.79 Å². The molecule has 0 saturated heterocycles. The first-order valence-electron chi connectivity index (χ1n) is 3.76. The van der Waals surface area contributed by atoms with Crippen LogP contribution in [0.4, 0.5) is 5.82 Å². The molecule has 0 aliphatic heterocycles. The Morgan fingerprint density at radius 3 is 2.92 bits per heavy atom. The second-order valence-electron chi connectivity index (χ2n) is 2.51. The van der Waals surface area contributed by atoms with Crippen molar-refractivity contribution in [1.29, 1.82) is 0 Å². The van der Waals surface area contributed by atoms with Gasteiger partial charge < -0.3 is 10.4 Å². The van der Waals surface area contributed by atoms with Crippen LogP contribution in [0.1, 0.15) is 6.42 Å². The van der Waals surface area contributed by atoms with Gasteiger partial charge in [-0.1, -0.05) is 12.6 Å². The van der Waals surface area contributed by atoms with Crippen LogP contribution in [0.25, 0.3) is 0 Å². The number of aliphatic hydroxyl groups is 1. The topological polar surface area (TPSA) is 62.2 Å². The molecule has 0 atom stereocenters. The molecule has 0 radical (unpaired) electrons. The van der Waals surface area contributed by atoms with Gasteiger partial charge in [-0.2, -0.15) is 0 Å². The highest BCUT2D eigenvalue weighted by atomic mass is 16.3. The number of nitrogens with one attached hydrogen (secondary N) is 1. The zero-order chi connectivity index (χ0) is 9.68. The van der Waals surface area contributed by atoms with E-state index in [0.717, 1.165) is 0 Å². The molecule has 0 unspecified atom stereocenters. The minimum Gasteiger partial charge on any atom is -0.512 e. The van der Waals surface area contributed by atoms with Gasteiger partial charge >= 0.3 is 0 Å². The molecule has 2 N–H and O–H groups in total. The first-order chi connectivity index (χ1) is 6.18. The summed E-state index contributed by atoms with van der Waals surface area (Å²) in [6, 6.07) is 5.18. The quantitative estimate of drug-likeness (QED) is 0.689. The second kappa shape index (κ2) is 4.25.